The third-order valence-electron chi connectivity index (χ3n) is 2.70. The number of hydrogen-bond acceptors (Lipinski definition) is 5. The van der Waals surface area contributed by atoms with E-state index < -0.39 is 11.9 Å². The maximum absolute atomic E-state index is 11.8. The number of methoxy groups -OCH3 is 1. The largest absolute Gasteiger partial charge is 0.469 e. The first-order chi connectivity index (χ1) is 10.1. The Bertz CT molecular complexity index is 533. The molecule has 0 aliphatic carbocycles. The standard InChI is InChI=1S/C16H18O5/c1-3-5-14(17)11-12-6-4-7-13(10-12)16(19)21-9-8-15(18)20-2/h3-4,6-7,10H,1,5,8-9,11H2,2H3. The number of carbonyl (C=O) groups is 3. The molecule has 0 aromatic heterocycles. The van der Waals surface area contributed by atoms with Crippen molar-refractivity contribution in [1.82, 2.24) is 0 Å². The maximum atomic E-state index is 11.8. The van der Waals surface area contributed by atoms with Crippen LogP contribution >= 0.6 is 0 Å². The minimum atomic E-state index is -0.531. The molecule has 0 atom stereocenters. The zero-order chi connectivity index (χ0) is 15.7. The monoisotopic (exact) mass is 290 g/mol. The van der Waals surface area contributed by atoms with Crippen LogP contribution in [0.3, 0.4) is 0 Å². The van der Waals surface area contributed by atoms with E-state index in [1.807, 2.05) is 0 Å². The molecule has 0 radical (unpaired) electrons. The summed E-state index contributed by atoms with van der Waals surface area (Å²) in [5.41, 5.74) is 1.09. The molecule has 112 valence electrons. The molecule has 0 heterocycles. The third kappa shape index (κ3) is 6.03. The Morgan fingerprint density at radius 3 is 2.71 bits per heavy atom. The van der Waals surface area contributed by atoms with Crippen molar-refractivity contribution in [3.8, 4) is 0 Å². The van der Waals surface area contributed by atoms with Gasteiger partial charge in [0.25, 0.3) is 0 Å². The van der Waals surface area contributed by atoms with E-state index in [0.717, 1.165) is 5.56 Å². The highest BCUT2D eigenvalue weighted by molar-refractivity contribution is 5.90. The molecule has 0 bridgehead atoms. The zero-order valence-corrected chi connectivity index (χ0v) is 12.0. The van der Waals surface area contributed by atoms with Crippen LogP contribution in [0.4, 0.5) is 0 Å². The molecule has 1 aromatic rings. The Kier molecular flexibility index (Phi) is 6.87. The van der Waals surface area contributed by atoms with Gasteiger partial charge in [-0.1, -0.05) is 18.2 Å². The Morgan fingerprint density at radius 2 is 2.05 bits per heavy atom. The normalized spacial score (nSPS) is 9.76. The van der Waals surface area contributed by atoms with Crippen molar-refractivity contribution >= 4 is 17.7 Å². The zero-order valence-electron chi connectivity index (χ0n) is 12.0. The van der Waals surface area contributed by atoms with E-state index in [-0.39, 0.29) is 25.2 Å². The average molecular weight is 290 g/mol. The van der Waals surface area contributed by atoms with Gasteiger partial charge in [0.05, 0.1) is 19.1 Å². The molecule has 0 amide bonds. The van der Waals surface area contributed by atoms with E-state index in [0.29, 0.717) is 12.0 Å². The lowest BCUT2D eigenvalue weighted by molar-refractivity contribution is -0.141. The second-order valence-electron chi connectivity index (χ2n) is 4.37. The Labute approximate surface area is 123 Å². The van der Waals surface area contributed by atoms with Gasteiger partial charge in [-0.3, -0.25) is 9.59 Å². The molecule has 0 spiro atoms. The summed E-state index contributed by atoms with van der Waals surface area (Å²) in [5, 5.41) is 0. The average Bonchev–Trinajstić information content (AvgIpc) is 2.47. The second kappa shape index (κ2) is 8.68. The van der Waals surface area contributed by atoms with Crippen LogP contribution < -0.4 is 0 Å². The van der Waals surface area contributed by atoms with Crippen LogP contribution in [-0.2, 0) is 25.5 Å². The van der Waals surface area contributed by atoms with Crippen LogP contribution in [0.15, 0.2) is 36.9 Å². The molecule has 5 heteroatoms. The van der Waals surface area contributed by atoms with Crippen LogP contribution in [0, 0.1) is 0 Å². The number of ketones is 1. The molecule has 1 rings (SSSR count). The second-order valence-corrected chi connectivity index (χ2v) is 4.37. The molecule has 0 aliphatic rings. The number of rotatable bonds is 8. The Hall–Kier alpha value is -2.43. The summed E-state index contributed by atoms with van der Waals surface area (Å²) < 4.78 is 9.41. The number of benzene rings is 1. The minimum Gasteiger partial charge on any atom is -0.469 e. The van der Waals surface area contributed by atoms with Crippen molar-refractivity contribution in [3.05, 3.63) is 48.0 Å². The summed E-state index contributed by atoms with van der Waals surface area (Å²) in [7, 11) is 1.27. The van der Waals surface area contributed by atoms with Gasteiger partial charge >= 0.3 is 11.9 Å². The van der Waals surface area contributed by atoms with Gasteiger partial charge in [0.15, 0.2) is 0 Å². The van der Waals surface area contributed by atoms with Gasteiger partial charge in [0, 0.05) is 12.8 Å². The molecule has 0 fully saturated rings. The highest BCUT2D eigenvalue weighted by Crippen LogP contribution is 2.09. The quantitative estimate of drug-likeness (QED) is 0.541. The lowest BCUT2D eigenvalue weighted by Crippen LogP contribution is -2.11. The highest BCUT2D eigenvalue weighted by atomic mass is 16.5. The number of hydrogen-bond donors (Lipinski definition) is 0. The van der Waals surface area contributed by atoms with Crippen LogP contribution in [0.2, 0.25) is 0 Å². The lowest BCUT2D eigenvalue weighted by Gasteiger charge is -2.06. The number of ether oxygens (including phenoxy) is 2. The van der Waals surface area contributed by atoms with Gasteiger partial charge in [0.2, 0.25) is 0 Å². The molecule has 0 saturated carbocycles. The van der Waals surface area contributed by atoms with Crippen LogP contribution in [0.25, 0.3) is 0 Å². The third-order valence-corrected chi connectivity index (χ3v) is 2.70. The SMILES string of the molecule is C=CCC(=O)Cc1cccc(C(=O)OCCC(=O)OC)c1. The number of Topliss-reactive ketones (excluding diaryl/α,β-unsaturated/α-hetero) is 1. The molecule has 0 aliphatic heterocycles. The molecule has 1 aromatic carbocycles. The summed E-state index contributed by atoms with van der Waals surface area (Å²) in [6, 6.07) is 6.67. The van der Waals surface area contributed by atoms with Gasteiger partial charge in [-0.15, -0.1) is 6.58 Å². The van der Waals surface area contributed by atoms with E-state index in [2.05, 4.69) is 11.3 Å². The first-order valence-electron chi connectivity index (χ1n) is 6.52. The van der Waals surface area contributed by atoms with Gasteiger partial charge in [0.1, 0.15) is 12.4 Å². The molecule has 0 saturated heterocycles. The number of carbonyl (C=O) groups excluding carboxylic acids is 3. The highest BCUT2D eigenvalue weighted by Gasteiger charge is 2.10. The van der Waals surface area contributed by atoms with E-state index in [9.17, 15) is 14.4 Å². The van der Waals surface area contributed by atoms with Crippen molar-refractivity contribution < 1.29 is 23.9 Å². The first kappa shape index (κ1) is 16.6. The summed E-state index contributed by atoms with van der Waals surface area (Å²) in [4.78, 5) is 34.2. The van der Waals surface area contributed by atoms with Crippen molar-refractivity contribution in [2.24, 2.45) is 0 Å². The van der Waals surface area contributed by atoms with E-state index >= 15 is 0 Å². The van der Waals surface area contributed by atoms with Crippen LogP contribution in [0.5, 0.6) is 0 Å². The van der Waals surface area contributed by atoms with Crippen molar-refractivity contribution in [1.29, 1.82) is 0 Å². The topological polar surface area (TPSA) is 69.7 Å². The first-order valence-corrected chi connectivity index (χ1v) is 6.52. The van der Waals surface area contributed by atoms with E-state index in [1.54, 1.807) is 30.3 Å². The minimum absolute atomic E-state index is 0.0136. The number of allylic oxidation sites excluding steroid dienone is 1. The molecule has 5 nitrogen and oxygen atoms in total. The summed E-state index contributed by atoms with van der Waals surface area (Å²) >= 11 is 0. The molecule has 0 unspecified atom stereocenters. The predicted molar refractivity (Wildman–Crippen MR) is 76.9 cm³/mol. The summed E-state index contributed by atoms with van der Waals surface area (Å²) in [6.45, 7) is 3.47. The van der Waals surface area contributed by atoms with Crippen molar-refractivity contribution in [3.63, 3.8) is 0 Å². The maximum Gasteiger partial charge on any atom is 0.338 e. The van der Waals surface area contributed by atoms with Crippen molar-refractivity contribution in [2.75, 3.05) is 13.7 Å². The van der Waals surface area contributed by atoms with E-state index in [1.165, 1.54) is 7.11 Å². The fourth-order valence-electron chi connectivity index (χ4n) is 1.68. The fourth-order valence-corrected chi connectivity index (χ4v) is 1.68. The van der Waals surface area contributed by atoms with Gasteiger partial charge in [-0.25, -0.2) is 4.79 Å². The lowest BCUT2D eigenvalue weighted by atomic mass is 10.0. The smallest absolute Gasteiger partial charge is 0.338 e. The van der Waals surface area contributed by atoms with Crippen molar-refractivity contribution in [2.45, 2.75) is 19.3 Å². The van der Waals surface area contributed by atoms with Gasteiger partial charge in [-0.2, -0.15) is 0 Å². The fraction of sp³-hybridized carbons (Fsp3) is 0.312. The summed E-state index contributed by atoms with van der Waals surface area (Å²) in [6.07, 6.45) is 2.11. The molecular formula is C16H18O5. The number of esters is 2. The van der Waals surface area contributed by atoms with E-state index in [4.69, 9.17) is 4.74 Å². The predicted octanol–water partition coefficient (Wildman–Crippen LogP) is 2.09. The molecule has 0 N–H and O–H groups in total. The molecular weight excluding hydrogens is 272 g/mol. The van der Waals surface area contributed by atoms with Gasteiger partial charge < -0.3 is 9.47 Å². The van der Waals surface area contributed by atoms with Gasteiger partial charge in [-0.05, 0) is 17.7 Å². The summed E-state index contributed by atoms with van der Waals surface area (Å²) in [5.74, 6) is -0.940. The Balaban J connectivity index is 2.58. The van der Waals surface area contributed by atoms with Crippen LogP contribution in [0.1, 0.15) is 28.8 Å². The molecule has 21 heavy (non-hydrogen) atoms. The van der Waals surface area contributed by atoms with Crippen LogP contribution in [-0.4, -0.2) is 31.4 Å². The Morgan fingerprint density at radius 1 is 1.29 bits per heavy atom.